The molecule has 0 N–H and O–H groups in total. The van der Waals surface area contributed by atoms with E-state index in [9.17, 15) is 4.79 Å². The van der Waals surface area contributed by atoms with Gasteiger partial charge in [-0.25, -0.2) is 0 Å². The van der Waals surface area contributed by atoms with Crippen LogP contribution >= 0.6 is 0 Å². The summed E-state index contributed by atoms with van der Waals surface area (Å²) in [5.74, 6) is 0.932. The van der Waals surface area contributed by atoms with Gasteiger partial charge in [0.25, 0.3) is 5.89 Å². The molecule has 0 spiro atoms. The average molecular weight is 195 g/mol. The van der Waals surface area contributed by atoms with Crippen LogP contribution in [0.15, 0.2) is 4.52 Å². The summed E-state index contributed by atoms with van der Waals surface area (Å²) in [5.41, 5.74) is 0. The lowest BCUT2D eigenvalue weighted by atomic mass is 10.1. The fraction of sp³-hybridized carbons (Fsp3) is 0.667. The number of carbonyl (C=O) groups excluding carboxylic acids is 1. The summed E-state index contributed by atoms with van der Waals surface area (Å²) in [6.07, 6.45) is 1.04. The molecule has 0 radical (unpaired) electrons. The molecule has 1 saturated heterocycles. The second-order valence-electron chi connectivity index (χ2n) is 3.76. The summed E-state index contributed by atoms with van der Waals surface area (Å²) in [6, 6.07) is 0. The zero-order chi connectivity index (χ0) is 10.1. The standard InChI is InChI=1S/C9H13N3O2/c1-6(13)9-10-8(11-14-9)7-3-4-12(2)5-7/h7H,3-5H2,1-2H3. The van der Waals surface area contributed by atoms with E-state index in [2.05, 4.69) is 22.1 Å². The number of hydrogen-bond donors (Lipinski definition) is 0. The lowest BCUT2D eigenvalue weighted by Gasteiger charge is -2.05. The third kappa shape index (κ3) is 1.68. The first-order valence-corrected chi connectivity index (χ1v) is 4.70. The van der Waals surface area contributed by atoms with Crippen molar-refractivity contribution >= 4 is 5.78 Å². The van der Waals surface area contributed by atoms with E-state index < -0.39 is 0 Å². The molecule has 1 fully saturated rings. The van der Waals surface area contributed by atoms with Crippen LogP contribution < -0.4 is 0 Å². The maximum Gasteiger partial charge on any atom is 0.293 e. The van der Waals surface area contributed by atoms with E-state index >= 15 is 0 Å². The van der Waals surface area contributed by atoms with Crippen molar-refractivity contribution in [2.75, 3.05) is 20.1 Å². The molecule has 0 aromatic carbocycles. The molecule has 1 atom stereocenters. The summed E-state index contributed by atoms with van der Waals surface area (Å²) in [5, 5.41) is 3.82. The van der Waals surface area contributed by atoms with Gasteiger partial charge in [0.05, 0.1) is 0 Å². The van der Waals surface area contributed by atoms with E-state index in [1.807, 2.05) is 0 Å². The number of carbonyl (C=O) groups is 1. The molecule has 1 aliphatic heterocycles. The zero-order valence-corrected chi connectivity index (χ0v) is 8.36. The van der Waals surface area contributed by atoms with E-state index in [0.717, 1.165) is 19.5 Å². The number of hydrogen-bond acceptors (Lipinski definition) is 5. The largest absolute Gasteiger partial charge is 0.331 e. The Hall–Kier alpha value is -1.23. The van der Waals surface area contributed by atoms with Crippen LogP contribution in [0.1, 0.15) is 35.8 Å². The molecule has 2 rings (SSSR count). The first kappa shape index (κ1) is 9.33. The van der Waals surface area contributed by atoms with Crippen LogP contribution in [0.5, 0.6) is 0 Å². The molecular weight excluding hydrogens is 182 g/mol. The lowest BCUT2D eigenvalue weighted by Crippen LogP contribution is -2.13. The zero-order valence-electron chi connectivity index (χ0n) is 8.36. The lowest BCUT2D eigenvalue weighted by molar-refractivity contribution is 0.0972. The van der Waals surface area contributed by atoms with Gasteiger partial charge in [0.2, 0.25) is 5.78 Å². The molecule has 0 aliphatic carbocycles. The molecular formula is C9H13N3O2. The summed E-state index contributed by atoms with van der Waals surface area (Å²) in [7, 11) is 2.06. The SMILES string of the molecule is CC(=O)c1nc(C2CCN(C)C2)no1. The molecule has 14 heavy (non-hydrogen) atoms. The maximum atomic E-state index is 10.9. The van der Waals surface area contributed by atoms with Gasteiger partial charge in [-0.1, -0.05) is 5.16 Å². The highest BCUT2D eigenvalue weighted by molar-refractivity contribution is 5.89. The van der Waals surface area contributed by atoms with Gasteiger partial charge in [-0.2, -0.15) is 4.98 Å². The number of aromatic nitrogens is 2. The Morgan fingerprint density at radius 2 is 2.43 bits per heavy atom. The highest BCUT2D eigenvalue weighted by atomic mass is 16.5. The van der Waals surface area contributed by atoms with Crippen molar-refractivity contribution < 1.29 is 9.32 Å². The molecule has 0 bridgehead atoms. The third-order valence-corrected chi connectivity index (χ3v) is 2.50. The van der Waals surface area contributed by atoms with E-state index in [4.69, 9.17) is 4.52 Å². The molecule has 1 aromatic heterocycles. The molecule has 0 amide bonds. The van der Waals surface area contributed by atoms with E-state index in [1.54, 1.807) is 0 Å². The van der Waals surface area contributed by atoms with Gasteiger partial charge in [-0.3, -0.25) is 4.79 Å². The van der Waals surface area contributed by atoms with E-state index in [0.29, 0.717) is 11.7 Å². The Morgan fingerprint density at radius 1 is 1.64 bits per heavy atom. The van der Waals surface area contributed by atoms with Crippen molar-refractivity contribution in [3.05, 3.63) is 11.7 Å². The van der Waals surface area contributed by atoms with Crippen molar-refractivity contribution in [3.8, 4) is 0 Å². The summed E-state index contributed by atoms with van der Waals surface area (Å²) in [6.45, 7) is 3.42. The Kier molecular flexibility index (Phi) is 2.33. The third-order valence-electron chi connectivity index (χ3n) is 2.50. The summed E-state index contributed by atoms with van der Waals surface area (Å²) < 4.78 is 4.84. The number of likely N-dealkylation sites (tertiary alicyclic amines) is 1. The normalized spacial score (nSPS) is 22.9. The topological polar surface area (TPSA) is 59.2 Å². The first-order valence-electron chi connectivity index (χ1n) is 4.70. The van der Waals surface area contributed by atoms with Gasteiger partial charge in [-0.05, 0) is 20.0 Å². The Balaban J connectivity index is 2.13. The molecule has 1 aliphatic rings. The highest BCUT2D eigenvalue weighted by Gasteiger charge is 2.26. The summed E-state index contributed by atoms with van der Waals surface area (Å²) >= 11 is 0. The number of Topliss-reactive ketones (excluding diaryl/α,β-unsaturated/α-hetero) is 1. The minimum absolute atomic E-state index is 0.120. The van der Waals surface area contributed by atoms with E-state index in [1.165, 1.54) is 6.92 Å². The van der Waals surface area contributed by atoms with Crippen LogP contribution in [0.25, 0.3) is 0 Å². The van der Waals surface area contributed by atoms with Gasteiger partial charge >= 0.3 is 0 Å². The molecule has 1 unspecified atom stereocenters. The van der Waals surface area contributed by atoms with Crippen LogP contribution in [-0.4, -0.2) is 41.0 Å². The summed E-state index contributed by atoms with van der Waals surface area (Å²) in [4.78, 5) is 17.2. The fourth-order valence-corrected chi connectivity index (χ4v) is 1.69. The fourth-order valence-electron chi connectivity index (χ4n) is 1.69. The quantitative estimate of drug-likeness (QED) is 0.650. The van der Waals surface area contributed by atoms with E-state index in [-0.39, 0.29) is 11.7 Å². The number of rotatable bonds is 2. The number of ketones is 1. The van der Waals surface area contributed by atoms with Crippen LogP contribution in [0.2, 0.25) is 0 Å². The second kappa shape index (κ2) is 3.49. The van der Waals surface area contributed by atoms with Crippen LogP contribution in [0.3, 0.4) is 0 Å². The minimum atomic E-state index is -0.171. The smallest absolute Gasteiger partial charge is 0.293 e. The van der Waals surface area contributed by atoms with Crippen LogP contribution in [0.4, 0.5) is 0 Å². The Labute approximate surface area is 82.1 Å². The molecule has 1 aromatic rings. The molecule has 0 saturated carbocycles. The Morgan fingerprint density at radius 3 is 2.93 bits per heavy atom. The molecule has 2 heterocycles. The van der Waals surface area contributed by atoms with Gasteiger partial charge in [0.15, 0.2) is 5.82 Å². The average Bonchev–Trinajstić information content (AvgIpc) is 2.70. The van der Waals surface area contributed by atoms with Crippen molar-refractivity contribution in [2.45, 2.75) is 19.3 Å². The molecule has 5 nitrogen and oxygen atoms in total. The van der Waals surface area contributed by atoms with Crippen LogP contribution in [0, 0.1) is 0 Å². The van der Waals surface area contributed by atoms with Crippen molar-refractivity contribution in [2.24, 2.45) is 0 Å². The van der Waals surface area contributed by atoms with Crippen molar-refractivity contribution in [1.82, 2.24) is 15.0 Å². The number of likely N-dealkylation sites (N-methyl/N-ethyl adjacent to an activating group) is 1. The van der Waals surface area contributed by atoms with Gasteiger partial charge in [0, 0.05) is 19.4 Å². The number of nitrogens with zero attached hydrogens (tertiary/aromatic N) is 3. The highest BCUT2D eigenvalue weighted by Crippen LogP contribution is 2.23. The molecule has 76 valence electrons. The minimum Gasteiger partial charge on any atom is -0.331 e. The second-order valence-corrected chi connectivity index (χ2v) is 3.76. The predicted molar refractivity (Wildman–Crippen MR) is 49.2 cm³/mol. The monoisotopic (exact) mass is 195 g/mol. The van der Waals surface area contributed by atoms with Gasteiger partial charge in [0.1, 0.15) is 0 Å². The first-order chi connectivity index (χ1) is 6.66. The Bertz CT molecular complexity index is 348. The molecule has 5 heteroatoms. The van der Waals surface area contributed by atoms with Gasteiger partial charge in [-0.15, -0.1) is 0 Å². The van der Waals surface area contributed by atoms with Gasteiger partial charge < -0.3 is 9.42 Å². The van der Waals surface area contributed by atoms with Crippen molar-refractivity contribution in [3.63, 3.8) is 0 Å². The predicted octanol–water partition coefficient (Wildman–Crippen LogP) is 0.691. The van der Waals surface area contributed by atoms with Crippen LogP contribution in [-0.2, 0) is 0 Å². The maximum absolute atomic E-state index is 10.9. The van der Waals surface area contributed by atoms with Crippen molar-refractivity contribution in [1.29, 1.82) is 0 Å².